The molecule has 0 N–H and O–H groups in total. The second-order valence-electron chi connectivity index (χ2n) is 11.9. The fourth-order valence-corrected chi connectivity index (χ4v) is 4.60. The quantitative estimate of drug-likeness (QED) is 0.119. The van der Waals surface area contributed by atoms with Crippen molar-refractivity contribution >= 4 is 16.9 Å². The second kappa shape index (κ2) is 13.0. The van der Waals surface area contributed by atoms with Gasteiger partial charge < -0.3 is 14.0 Å². The van der Waals surface area contributed by atoms with Crippen LogP contribution in [0.4, 0.5) is 13.2 Å². The molecule has 7 heteroatoms. The molecule has 1 heterocycles. The van der Waals surface area contributed by atoms with Crippen molar-refractivity contribution in [1.82, 2.24) is 4.57 Å². The number of benzene rings is 2. The molecule has 0 radical (unpaired) electrons. The Hall–Kier alpha value is -3.22. The van der Waals surface area contributed by atoms with Gasteiger partial charge >= 0.3 is 12.1 Å². The van der Waals surface area contributed by atoms with E-state index in [9.17, 15) is 18.0 Å². The molecule has 0 saturated heterocycles. The van der Waals surface area contributed by atoms with Crippen LogP contribution in [-0.2, 0) is 28.7 Å². The normalized spacial score (nSPS) is 12.2. The van der Waals surface area contributed by atoms with Crippen LogP contribution < -0.4 is 4.74 Å². The molecule has 4 nitrogen and oxygen atoms in total. The minimum atomic E-state index is -4.47. The van der Waals surface area contributed by atoms with Gasteiger partial charge in [-0.15, -0.1) is 0 Å². The van der Waals surface area contributed by atoms with E-state index in [2.05, 4.69) is 13.5 Å². The Bertz CT molecular complexity index is 1330. The lowest BCUT2D eigenvalue weighted by atomic mass is 9.96. The van der Waals surface area contributed by atoms with Gasteiger partial charge in [0.1, 0.15) is 5.75 Å². The molecule has 0 bridgehead atoms. The molecule has 1 aromatic heterocycles. The maximum atomic E-state index is 14.3. The fourth-order valence-electron chi connectivity index (χ4n) is 4.60. The maximum Gasteiger partial charge on any atom is 0.417 e. The lowest BCUT2D eigenvalue weighted by molar-refractivity contribution is -0.142. The molecule has 2 aromatic carbocycles. The van der Waals surface area contributed by atoms with E-state index < -0.39 is 23.1 Å². The Labute approximate surface area is 236 Å². The molecule has 3 rings (SSSR count). The topological polar surface area (TPSA) is 40.5 Å². The molecule has 0 atom stereocenters. The van der Waals surface area contributed by atoms with Gasteiger partial charge in [-0.1, -0.05) is 66.2 Å². The van der Waals surface area contributed by atoms with Gasteiger partial charge in [0.15, 0.2) is 0 Å². The summed E-state index contributed by atoms with van der Waals surface area (Å²) in [5.41, 5.74) is 1.54. The lowest BCUT2D eigenvalue weighted by Gasteiger charge is -2.24. The fraction of sp³-hybridized carbons (Fsp3) is 0.485. The van der Waals surface area contributed by atoms with Gasteiger partial charge in [0.2, 0.25) is 0 Å². The van der Waals surface area contributed by atoms with Crippen LogP contribution >= 0.6 is 0 Å². The van der Waals surface area contributed by atoms with Crippen molar-refractivity contribution in [2.75, 3.05) is 13.2 Å². The first-order chi connectivity index (χ1) is 18.7. The molecule has 3 aromatic rings. The summed E-state index contributed by atoms with van der Waals surface area (Å²) >= 11 is 0. The molecule has 218 valence electrons. The highest BCUT2D eigenvalue weighted by molar-refractivity contribution is 5.89. The number of rotatable bonds is 13. The van der Waals surface area contributed by atoms with Crippen LogP contribution in [0.5, 0.6) is 5.75 Å². The number of carbonyl (C=O) groups is 1. The van der Waals surface area contributed by atoms with Gasteiger partial charge in [-0.3, -0.25) is 0 Å². The van der Waals surface area contributed by atoms with E-state index in [4.69, 9.17) is 9.47 Å². The average Bonchev–Trinajstić information content (AvgIpc) is 3.22. The number of halogens is 3. The molecular weight excluding hydrogens is 515 g/mol. The van der Waals surface area contributed by atoms with Crippen molar-refractivity contribution < 1.29 is 27.4 Å². The Morgan fingerprint density at radius 3 is 2.38 bits per heavy atom. The first-order valence-corrected chi connectivity index (χ1v) is 14.0. The summed E-state index contributed by atoms with van der Waals surface area (Å²) in [5, 5.41) is 0.845. The predicted molar refractivity (Wildman–Crippen MR) is 155 cm³/mol. The number of aryl methyl sites for hydroxylation is 1. The van der Waals surface area contributed by atoms with E-state index in [1.54, 1.807) is 13.0 Å². The van der Waals surface area contributed by atoms with Crippen LogP contribution in [0, 0.1) is 11.3 Å². The van der Waals surface area contributed by atoms with E-state index in [-0.39, 0.29) is 24.7 Å². The van der Waals surface area contributed by atoms with Crippen molar-refractivity contribution in [1.29, 1.82) is 0 Å². The Morgan fingerprint density at radius 2 is 1.75 bits per heavy atom. The van der Waals surface area contributed by atoms with Crippen LogP contribution in [0.2, 0.25) is 0 Å². The number of alkyl halides is 3. The van der Waals surface area contributed by atoms with Crippen LogP contribution in [0.15, 0.2) is 54.6 Å². The Morgan fingerprint density at radius 1 is 1.02 bits per heavy atom. The zero-order valence-corrected chi connectivity index (χ0v) is 24.6. The third kappa shape index (κ3) is 8.15. The molecular formula is C33H42F3NO3. The number of hydrogen-bond donors (Lipinski definition) is 0. The summed E-state index contributed by atoms with van der Waals surface area (Å²) < 4.78 is 56.3. The molecule has 0 saturated carbocycles. The van der Waals surface area contributed by atoms with Gasteiger partial charge in [0, 0.05) is 40.2 Å². The summed E-state index contributed by atoms with van der Waals surface area (Å²) in [4.78, 5) is 11.8. The van der Waals surface area contributed by atoms with E-state index >= 15 is 0 Å². The number of nitrogens with zero attached hydrogens (tertiary/aromatic N) is 1. The van der Waals surface area contributed by atoms with Crippen molar-refractivity contribution in [2.24, 2.45) is 11.3 Å². The van der Waals surface area contributed by atoms with Crippen molar-refractivity contribution in [3.05, 3.63) is 65.7 Å². The second-order valence-corrected chi connectivity index (χ2v) is 11.9. The minimum Gasteiger partial charge on any atom is -0.493 e. The minimum absolute atomic E-state index is 0.170. The number of fused-ring (bicyclic) bond motifs is 1. The summed E-state index contributed by atoms with van der Waals surface area (Å²) in [6.45, 7) is 16.3. The van der Waals surface area contributed by atoms with Crippen LogP contribution in [-0.4, -0.2) is 23.8 Å². The maximum absolute atomic E-state index is 14.3. The molecule has 0 amide bonds. The van der Waals surface area contributed by atoms with Crippen molar-refractivity contribution in [3.8, 4) is 17.0 Å². The number of unbranched alkanes of at least 4 members (excludes halogenated alkanes) is 2. The smallest absolute Gasteiger partial charge is 0.417 e. The SMILES string of the molecule is C=C(C)C(=O)OCC(C)(C)COc1ccc2cc(-c3ccc(CCCCC)cc3C(F)(F)F)n(CC(C)C)c2c1. The molecule has 0 unspecified atom stereocenters. The molecule has 0 fully saturated rings. The van der Waals surface area contributed by atoms with Gasteiger partial charge in [-0.25, -0.2) is 4.79 Å². The average molecular weight is 558 g/mol. The number of hydrogen-bond acceptors (Lipinski definition) is 3. The van der Waals surface area contributed by atoms with Gasteiger partial charge in [0.25, 0.3) is 0 Å². The first kappa shape index (κ1) is 31.3. The number of carbonyl (C=O) groups excluding carboxylic acids is 1. The molecule has 0 aliphatic rings. The first-order valence-electron chi connectivity index (χ1n) is 14.0. The standard InChI is InChI=1S/C33H42F3NO3/c1-8-9-10-11-24-12-15-27(28(16-24)33(34,35)36)30-17-25-13-14-26(18-29(25)37(30)19-22(2)3)39-20-32(6,7)21-40-31(38)23(4)5/h12-18,22H,4,8-11,19-21H2,1-3,5-7H3. The summed E-state index contributed by atoms with van der Waals surface area (Å²) in [6, 6.07) is 12.2. The van der Waals surface area contributed by atoms with Gasteiger partial charge in [0.05, 0.1) is 24.3 Å². The zero-order chi connectivity index (χ0) is 29.7. The van der Waals surface area contributed by atoms with Crippen LogP contribution in [0.25, 0.3) is 22.2 Å². The van der Waals surface area contributed by atoms with Gasteiger partial charge in [-0.2, -0.15) is 13.2 Å². The number of ether oxygens (including phenoxy) is 2. The molecule has 0 spiro atoms. The van der Waals surface area contributed by atoms with Gasteiger partial charge in [-0.05, 0) is 55.5 Å². The lowest BCUT2D eigenvalue weighted by Crippen LogP contribution is -2.28. The molecule has 40 heavy (non-hydrogen) atoms. The summed E-state index contributed by atoms with van der Waals surface area (Å²) in [7, 11) is 0. The highest BCUT2D eigenvalue weighted by Gasteiger charge is 2.35. The van der Waals surface area contributed by atoms with E-state index in [1.165, 1.54) is 6.07 Å². The monoisotopic (exact) mass is 557 g/mol. The number of esters is 1. The molecule has 0 aliphatic carbocycles. The Balaban J connectivity index is 1.97. The van der Waals surface area contributed by atoms with E-state index in [0.717, 1.165) is 30.2 Å². The predicted octanol–water partition coefficient (Wildman–Crippen LogP) is 9.24. The third-order valence-electron chi connectivity index (χ3n) is 6.73. The largest absolute Gasteiger partial charge is 0.493 e. The van der Waals surface area contributed by atoms with Crippen LogP contribution in [0.3, 0.4) is 0 Å². The van der Waals surface area contributed by atoms with Crippen LogP contribution in [0.1, 0.15) is 71.9 Å². The highest BCUT2D eigenvalue weighted by atomic mass is 19.4. The third-order valence-corrected chi connectivity index (χ3v) is 6.73. The Kier molecular flexibility index (Phi) is 10.1. The van der Waals surface area contributed by atoms with E-state index in [1.807, 2.05) is 62.6 Å². The van der Waals surface area contributed by atoms with E-state index in [0.29, 0.717) is 35.5 Å². The van der Waals surface area contributed by atoms with Crippen molar-refractivity contribution in [3.63, 3.8) is 0 Å². The zero-order valence-electron chi connectivity index (χ0n) is 24.6. The summed E-state index contributed by atoms with van der Waals surface area (Å²) in [6.07, 6.45) is -0.951. The summed E-state index contributed by atoms with van der Waals surface area (Å²) in [5.74, 6) is 0.369. The molecule has 0 aliphatic heterocycles. The highest BCUT2D eigenvalue weighted by Crippen LogP contribution is 2.40. The van der Waals surface area contributed by atoms with Crippen molar-refractivity contribution in [2.45, 2.75) is 79.9 Å². The number of aromatic nitrogens is 1.